The van der Waals surface area contributed by atoms with Crippen molar-refractivity contribution in [1.29, 1.82) is 0 Å². The normalized spacial score (nSPS) is 15.9. The zero-order valence-electron chi connectivity index (χ0n) is 18.7. The number of ketones is 2. The molecule has 28 heavy (non-hydrogen) atoms. The molecule has 0 aromatic heterocycles. The molecule has 0 aliphatic heterocycles. The van der Waals surface area contributed by atoms with Gasteiger partial charge in [0, 0.05) is 24.7 Å². The fourth-order valence-electron chi connectivity index (χ4n) is 2.33. The minimum absolute atomic E-state index is 0.00727. The third kappa shape index (κ3) is 24.3. The van der Waals surface area contributed by atoms with Gasteiger partial charge in [0.1, 0.15) is 11.6 Å². The van der Waals surface area contributed by atoms with Crippen LogP contribution in [0.25, 0.3) is 0 Å². The second-order valence-electron chi connectivity index (χ2n) is 7.28. The maximum Gasteiger partial charge on any atom is 0.304 e. The summed E-state index contributed by atoms with van der Waals surface area (Å²) in [6.45, 7) is 12.4. The van der Waals surface area contributed by atoms with E-state index in [0.717, 1.165) is 25.2 Å². The van der Waals surface area contributed by atoms with E-state index in [2.05, 4.69) is 20.8 Å². The van der Waals surface area contributed by atoms with Crippen LogP contribution in [0.4, 0.5) is 0 Å². The van der Waals surface area contributed by atoms with Crippen molar-refractivity contribution in [3.8, 4) is 0 Å². The fourth-order valence-corrected chi connectivity index (χ4v) is 2.33. The van der Waals surface area contributed by atoms with E-state index in [0.29, 0.717) is 24.5 Å². The average molecular weight is 403 g/mol. The molecule has 1 aliphatic rings. The Bertz CT molecular complexity index is 419. The van der Waals surface area contributed by atoms with Crippen LogP contribution in [0.3, 0.4) is 0 Å². The minimum atomic E-state index is -0.872. The van der Waals surface area contributed by atoms with Crippen LogP contribution >= 0.6 is 0 Å². The van der Waals surface area contributed by atoms with Gasteiger partial charge >= 0.3 is 5.97 Å². The molecule has 0 aromatic rings. The molecule has 0 heterocycles. The van der Waals surface area contributed by atoms with Gasteiger partial charge in [0.25, 0.3) is 6.47 Å². The van der Waals surface area contributed by atoms with Crippen LogP contribution in [0, 0.1) is 17.8 Å². The number of carbonyl (C=O) groups excluding carboxylic acids is 2. The molecule has 166 valence electrons. The van der Waals surface area contributed by atoms with E-state index in [4.69, 9.17) is 15.0 Å². The molecule has 0 aromatic carbocycles. The average Bonchev–Trinajstić information content (AvgIpc) is 3.28. The van der Waals surface area contributed by atoms with Crippen molar-refractivity contribution in [2.24, 2.45) is 17.8 Å². The number of hydrogen-bond acceptors (Lipinski definition) is 4. The second kappa shape index (κ2) is 21.6. The van der Waals surface area contributed by atoms with Gasteiger partial charge in [-0.3, -0.25) is 19.2 Å². The summed E-state index contributed by atoms with van der Waals surface area (Å²) in [6, 6.07) is 0. The van der Waals surface area contributed by atoms with E-state index in [1.807, 2.05) is 20.8 Å². The molecule has 1 saturated carbocycles. The fraction of sp³-hybridized carbons (Fsp3) is 0.818. The van der Waals surface area contributed by atoms with Crippen molar-refractivity contribution < 1.29 is 29.4 Å². The Labute approximate surface area is 171 Å². The number of Topliss-reactive ketones (excluding diaryl/α,β-unsaturated/α-hetero) is 2. The van der Waals surface area contributed by atoms with Gasteiger partial charge in [-0.25, -0.2) is 0 Å². The van der Waals surface area contributed by atoms with Gasteiger partial charge in [0.05, 0.1) is 6.42 Å². The molecule has 0 saturated heterocycles. The standard InChI is InChI=1S/C10H18O3.C7H16.C4H6O.CH2O2/c1-3-5-8(7-10(12)13)9(11)6-4-2;1-4-6-7(3)5-2;1-3-2-4(3)5;2-1-3/h8H,3-7H2,1-2H3,(H,12,13);7H,4-6H2,1-3H3;3H,2H2,1H3;1H,(H,2,3)/t8-;7-;3-;/m001./s1. The molecule has 1 fully saturated rings. The lowest BCUT2D eigenvalue weighted by atomic mass is 9.93. The van der Waals surface area contributed by atoms with Crippen molar-refractivity contribution in [3.63, 3.8) is 0 Å². The van der Waals surface area contributed by atoms with Crippen LogP contribution in [0.1, 0.15) is 99.3 Å². The Kier molecular flexibility index (Phi) is 23.9. The topological polar surface area (TPSA) is 109 Å². The third-order valence-corrected chi connectivity index (χ3v) is 4.39. The van der Waals surface area contributed by atoms with Crippen molar-refractivity contribution in [1.82, 2.24) is 0 Å². The van der Waals surface area contributed by atoms with Crippen LogP contribution in [0.5, 0.6) is 0 Å². The van der Waals surface area contributed by atoms with Gasteiger partial charge in [-0.2, -0.15) is 0 Å². The van der Waals surface area contributed by atoms with E-state index >= 15 is 0 Å². The largest absolute Gasteiger partial charge is 0.483 e. The van der Waals surface area contributed by atoms with Crippen molar-refractivity contribution in [2.45, 2.75) is 99.3 Å². The molecule has 6 nitrogen and oxygen atoms in total. The summed E-state index contributed by atoms with van der Waals surface area (Å²) in [4.78, 5) is 40.1. The lowest BCUT2D eigenvalue weighted by molar-refractivity contribution is -0.140. The summed E-state index contributed by atoms with van der Waals surface area (Å²) < 4.78 is 0. The summed E-state index contributed by atoms with van der Waals surface area (Å²) in [7, 11) is 0. The van der Waals surface area contributed by atoms with Gasteiger partial charge in [0.15, 0.2) is 0 Å². The SMILES string of the molecule is CCCC(=O)[C@@H](CCC)CC(=O)O.CCC[C@@H](C)CC.C[C@@H]1CC1=O.O=CO. The second-order valence-corrected chi connectivity index (χ2v) is 7.28. The lowest BCUT2D eigenvalue weighted by Crippen LogP contribution is -2.17. The predicted molar refractivity (Wildman–Crippen MR) is 112 cm³/mol. The summed E-state index contributed by atoms with van der Waals surface area (Å²) >= 11 is 0. The van der Waals surface area contributed by atoms with Gasteiger partial charge in [-0.1, -0.05) is 67.2 Å². The number of aliphatic carboxylic acids is 1. The summed E-state index contributed by atoms with van der Waals surface area (Å²) in [5, 5.41) is 15.5. The molecule has 6 heteroatoms. The Balaban J connectivity index is -0.000000346. The van der Waals surface area contributed by atoms with Gasteiger partial charge in [-0.15, -0.1) is 0 Å². The molecule has 0 radical (unpaired) electrons. The highest BCUT2D eigenvalue weighted by molar-refractivity contribution is 5.95. The molecule has 0 unspecified atom stereocenters. The number of hydrogen-bond donors (Lipinski definition) is 2. The monoisotopic (exact) mass is 402 g/mol. The van der Waals surface area contributed by atoms with E-state index in [1.165, 1.54) is 19.3 Å². The Hall–Kier alpha value is -1.72. The Morgan fingerprint density at radius 3 is 1.75 bits per heavy atom. The minimum Gasteiger partial charge on any atom is -0.483 e. The quantitative estimate of drug-likeness (QED) is 0.475. The summed E-state index contributed by atoms with van der Waals surface area (Å²) in [5.41, 5.74) is 0. The van der Waals surface area contributed by atoms with Crippen molar-refractivity contribution in [2.75, 3.05) is 0 Å². The predicted octanol–water partition coefficient (Wildman–Crippen LogP) is 5.38. The smallest absolute Gasteiger partial charge is 0.304 e. The molecule has 1 aliphatic carbocycles. The first-order valence-electron chi connectivity index (χ1n) is 10.5. The van der Waals surface area contributed by atoms with Crippen LogP contribution in [-0.2, 0) is 19.2 Å². The zero-order chi connectivity index (χ0) is 22.5. The third-order valence-electron chi connectivity index (χ3n) is 4.39. The summed E-state index contributed by atoms with van der Waals surface area (Å²) in [5.74, 6) is 0.752. The maximum atomic E-state index is 11.4. The summed E-state index contributed by atoms with van der Waals surface area (Å²) in [6.07, 6.45) is 7.79. The van der Waals surface area contributed by atoms with Gasteiger partial charge < -0.3 is 10.2 Å². The Morgan fingerprint density at radius 1 is 1.11 bits per heavy atom. The highest BCUT2D eigenvalue weighted by Gasteiger charge is 2.28. The van der Waals surface area contributed by atoms with Crippen LogP contribution in [-0.4, -0.2) is 34.2 Å². The molecule has 3 atom stereocenters. The molecular weight excluding hydrogens is 360 g/mol. The zero-order valence-corrected chi connectivity index (χ0v) is 18.7. The molecule has 1 rings (SSSR count). The van der Waals surface area contributed by atoms with Crippen LogP contribution < -0.4 is 0 Å². The number of carboxylic acid groups (broad SMARTS) is 2. The van der Waals surface area contributed by atoms with Crippen LogP contribution in [0.2, 0.25) is 0 Å². The highest BCUT2D eigenvalue weighted by Crippen LogP contribution is 2.21. The van der Waals surface area contributed by atoms with Crippen molar-refractivity contribution >= 4 is 24.0 Å². The number of rotatable bonds is 10. The van der Waals surface area contributed by atoms with Crippen LogP contribution in [0.15, 0.2) is 0 Å². The molecular formula is C22H42O6. The van der Waals surface area contributed by atoms with E-state index < -0.39 is 5.97 Å². The lowest BCUT2D eigenvalue weighted by Gasteiger charge is -2.11. The van der Waals surface area contributed by atoms with E-state index in [-0.39, 0.29) is 24.6 Å². The number of carbonyl (C=O) groups is 4. The maximum absolute atomic E-state index is 11.4. The molecule has 0 bridgehead atoms. The number of carboxylic acids is 1. The first kappa shape index (κ1) is 31.0. The Morgan fingerprint density at radius 2 is 1.54 bits per heavy atom. The van der Waals surface area contributed by atoms with E-state index in [9.17, 15) is 14.4 Å². The van der Waals surface area contributed by atoms with E-state index in [1.54, 1.807) is 0 Å². The molecule has 0 spiro atoms. The molecule has 0 amide bonds. The van der Waals surface area contributed by atoms with Gasteiger partial charge in [-0.05, 0) is 18.8 Å². The molecule has 2 N–H and O–H groups in total. The van der Waals surface area contributed by atoms with Crippen molar-refractivity contribution in [3.05, 3.63) is 0 Å². The van der Waals surface area contributed by atoms with Gasteiger partial charge in [0.2, 0.25) is 0 Å². The highest BCUT2D eigenvalue weighted by atomic mass is 16.4. The first-order valence-corrected chi connectivity index (χ1v) is 10.5. The first-order chi connectivity index (χ1) is 13.1.